The van der Waals surface area contributed by atoms with Crippen LogP contribution in [0.15, 0.2) is 6.20 Å². The summed E-state index contributed by atoms with van der Waals surface area (Å²) in [6.45, 7) is 1.85. The molecule has 1 aromatic heterocycles. The van der Waals surface area contributed by atoms with E-state index in [2.05, 4.69) is 10.4 Å². The van der Waals surface area contributed by atoms with Gasteiger partial charge >= 0.3 is 0 Å². The summed E-state index contributed by atoms with van der Waals surface area (Å²) < 4.78 is 25.0. The normalized spacial score (nSPS) is 25.2. The van der Waals surface area contributed by atoms with Gasteiger partial charge in [-0.2, -0.15) is 5.10 Å². The van der Waals surface area contributed by atoms with Crippen LogP contribution in [0.3, 0.4) is 0 Å². The Kier molecular flexibility index (Phi) is 4.75. The maximum atomic E-state index is 12.5. The van der Waals surface area contributed by atoms with Gasteiger partial charge in [-0.15, -0.1) is 0 Å². The molecule has 0 spiro atoms. The molecule has 3 rings (SSSR count). The van der Waals surface area contributed by atoms with Gasteiger partial charge in [0.05, 0.1) is 29.3 Å². The Morgan fingerprint density at radius 2 is 1.91 bits per heavy atom. The molecule has 2 heterocycles. The number of hydrogen-bond acceptors (Lipinski definition) is 4. The topological polar surface area (TPSA) is 81.1 Å². The van der Waals surface area contributed by atoms with Crippen molar-refractivity contribution in [1.82, 2.24) is 15.1 Å². The van der Waals surface area contributed by atoms with E-state index in [1.165, 1.54) is 25.7 Å². The molecule has 7 heteroatoms. The lowest BCUT2D eigenvalue weighted by Gasteiger charge is -2.16. The van der Waals surface area contributed by atoms with E-state index in [9.17, 15) is 13.2 Å². The van der Waals surface area contributed by atoms with Crippen molar-refractivity contribution in [3.8, 4) is 0 Å². The summed E-state index contributed by atoms with van der Waals surface area (Å²) in [5, 5.41) is 7.41. The highest BCUT2D eigenvalue weighted by Gasteiger charge is 2.31. The predicted octanol–water partition coefficient (Wildman–Crippen LogP) is 2.00. The molecule has 23 heavy (non-hydrogen) atoms. The zero-order valence-electron chi connectivity index (χ0n) is 13.6. The van der Waals surface area contributed by atoms with Crippen molar-refractivity contribution in [1.29, 1.82) is 0 Å². The molecule has 6 nitrogen and oxygen atoms in total. The van der Waals surface area contributed by atoms with Gasteiger partial charge in [-0.1, -0.05) is 25.7 Å². The van der Waals surface area contributed by atoms with E-state index < -0.39 is 9.84 Å². The van der Waals surface area contributed by atoms with E-state index in [1.807, 2.05) is 6.92 Å². The molecule has 0 bridgehead atoms. The van der Waals surface area contributed by atoms with Crippen molar-refractivity contribution in [3.05, 3.63) is 17.5 Å². The summed E-state index contributed by atoms with van der Waals surface area (Å²) in [5.74, 6) is 0.251. The largest absolute Gasteiger partial charge is 0.349 e. The number of rotatable bonds is 3. The van der Waals surface area contributed by atoms with Gasteiger partial charge in [0.2, 0.25) is 0 Å². The van der Waals surface area contributed by atoms with Crippen molar-refractivity contribution in [2.45, 2.75) is 64.0 Å². The number of nitrogens with zero attached hydrogens (tertiary/aromatic N) is 2. The van der Waals surface area contributed by atoms with Crippen LogP contribution in [0, 0.1) is 6.92 Å². The van der Waals surface area contributed by atoms with Crippen LogP contribution in [-0.2, 0) is 9.84 Å². The second-order valence-corrected chi connectivity index (χ2v) is 9.04. The van der Waals surface area contributed by atoms with Crippen LogP contribution in [0.2, 0.25) is 0 Å². The summed E-state index contributed by atoms with van der Waals surface area (Å²) in [5.41, 5.74) is 1.33. The van der Waals surface area contributed by atoms with Crippen LogP contribution < -0.4 is 5.32 Å². The molecule has 1 aromatic rings. The van der Waals surface area contributed by atoms with Crippen LogP contribution >= 0.6 is 0 Å². The monoisotopic (exact) mass is 339 g/mol. The molecule has 1 atom stereocenters. The maximum absolute atomic E-state index is 12.5. The highest BCUT2D eigenvalue weighted by Crippen LogP contribution is 2.25. The van der Waals surface area contributed by atoms with Crippen molar-refractivity contribution in [2.75, 3.05) is 11.5 Å². The Morgan fingerprint density at radius 3 is 2.52 bits per heavy atom. The molecule has 1 amide bonds. The smallest absolute Gasteiger partial charge is 0.254 e. The minimum Gasteiger partial charge on any atom is -0.349 e. The number of amides is 1. The lowest BCUT2D eigenvalue weighted by atomic mass is 10.1. The van der Waals surface area contributed by atoms with Crippen molar-refractivity contribution < 1.29 is 13.2 Å². The van der Waals surface area contributed by atoms with Crippen LogP contribution in [0.1, 0.15) is 67.0 Å². The van der Waals surface area contributed by atoms with E-state index in [1.54, 1.807) is 10.9 Å². The molecule has 1 N–H and O–H groups in total. The van der Waals surface area contributed by atoms with Crippen molar-refractivity contribution >= 4 is 15.7 Å². The van der Waals surface area contributed by atoms with Gasteiger partial charge in [0.15, 0.2) is 9.84 Å². The summed E-state index contributed by atoms with van der Waals surface area (Å²) >= 11 is 0. The van der Waals surface area contributed by atoms with E-state index >= 15 is 0 Å². The minimum absolute atomic E-state index is 0.0819. The van der Waals surface area contributed by atoms with Crippen molar-refractivity contribution in [2.24, 2.45) is 0 Å². The number of nitrogens with one attached hydrogen (secondary N) is 1. The fourth-order valence-electron chi connectivity index (χ4n) is 3.67. The molecule has 2 fully saturated rings. The first kappa shape index (κ1) is 16.5. The fourth-order valence-corrected chi connectivity index (χ4v) is 5.36. The van der Waals surface area contributed by atoms with E-state index in [-0.39, 0.29) is 29.5 Å². The minimum atomic E-state index is -2.96. The van der Waals surface area contributed by atoms with Crippen LogP contribution in [-0.4, -0.2) is 41.7 Å². The van der Waals surface area contributed by atoms with Crippen molar-refractivity contribution in [3.63, 3.8) is 0 Å². The quantitative estimate of drug-likeness (QED) is 0.854. The third kappa shape index (κ3) is 3.76. The lowest BCUT2D eigenvalue weighted by Crippen LogP contribution is -2.34. The summed E-state index contributed by atoms with van der Waals surface area (Å²) in [6, 6.07) is 0.110. The van der Waals surface area contributed by atoms with E-state index in [4.69, 9.17) is 0 Å². The van der Waals surface area contributed by atoms with Gasteiger partial charge in [0.1, 0.15) is 0 Å². The summed E-state index contributed by atoms with van der Waals surface area (Å²) in [6.07, 6.45) is 9.08. The Morgan fingerprint density at radius 1 is 1.22 bits per heavy atom. The summed E-state index contributed by atoms with van der Waals surface area (Å²) in [7, 11) is -2.96. The van der Waals surface area contributed by atoms with Gasteiger partial charge in [0.25, 0.3) is 5.91 Å². The van der Waals surface area contributed by atoms with E-state index in [0.29, 0.717) is 12.0 Å². The van der Waals surface area contributed by atoms with Gasteiger partial charge in [0, 0.05) is 11.7 Å². The van der Waals surface area contributed by atoms with Crippen LogP contribution in [0.25, 0.3) is 0 Å². The Hall–Kier alpha value is -1.37. The zero-order chi connectivity index (χ0) is 16.4. The highest BCUT2D eigenvalue weighted by atomic mass is 32.2. The average Bonchev–Trinajstić information content (AvgIpc) is 2.93. The standard InChI is InChI=1S/C16H25N3O3S/c1-12-15(16(20)18-13-6-4-2-3-5-7-13)10-17-19(12)14-8-9-23(21,22)11-14/h10,13-14H,2-9,11H2,1H3,(H,18,20). The first-order chi connectivity index (χ1) is 11.0. The van der Waals surface area contributed by atoms with Gasteiger partial charge < -0.3 is 5.32 Å². The van der Waals surface area contributed by atoms with Gasteiger partial charge in [-0.3, -0.25) is 9.48 Å². The average molecular weight is 339 g/mol. The molecule has 2 aliphatic rings. The third-order valence-corrected chi connectivity index (χ3v) is 6.78. The maximum Gasteiger partial charge on any atom is 0.254 e. The first-order valence-electron chi connectivity index (χ1n) is 8.52. The number of sulfone groups is 1. The fraction of sp³-hybridized carbons (Fsp3) is 0.750. The number of carbonyl (C=O) groups is 1. The zero-order valence-corrected chi connectivity index (χ0v) is 14.4. The molecule has 0 aromatic carbocycles. The molecular weight excluding hydrogens is 314 g/mol. The van der Waals surface area contributed by atoms with Gasteiger partial charge in [-0.25, -0.2) is 8.42 Å². The van der Waals surface area contributed by atoms with E-state index in [0.717, 1.165) is 18.5 Å². The summed E-state index contributed by atoms with van der Waals surface area (Å²) in [4.78, 5) is 12.5. The molecule has 1 aliphatic heterocycles. The second-order valence-electron chi connectivity index (χ2n) is 6.81. The molecule has 0 radical (unpaired) electrons. The predicted molar refractivity (Wildman–Crippen MR) is 88.2 cm³/mol. The van der Waals surface area contributed by atoms with Crippen LogP contribution in [0.4, 0.5) is 0 Å². The molecule has 128 valence electrons. The van der Waals surface area contributed by atoms with Crippen LogP contribution in [0.5, 0.6) is 0 Å². The Balaban J connectivity index is 1.70. The first-order valence-corrected chi connectivity index (χ1v) is 10.3. The number of aromatic nitrogens is 2. The Labute approximate surface area is 137 Å². The highest BCUT2D eigenvalue weighted by molar-refractivity contribution is 7.91. The Bertz CT molecular complexity index is 673. The number of hydrogen-bond donors (Lipinski definition) is 1. The number of carbonyl (C=O) groups excluding carboxylic acids is 1. The molecule has 1 aliphatic carbocycles. The van der Waals surface area contributed by atoms with Gasteiger partial charge in [-0.05, 0) is 26.2 Å². The molecular formula is C16H25N3O3S. The lowest BCUT2D eigenvalue weighted by molar-refractivity contribution is 0.0932. The molecule has 1 saturated heterocycles. The third-order valence-electron chi connectivity index (χ3n) is 5.03. The second kappa shape index (κ2) is 6.63. The molecule has 1 unspecified atom stereocenters. The SMILES string of the molecule is Cc1c(C(=O)NC2CCCCCC2)cnn1C1CCS(=O)(=O)C1. The molecule has 1 saturated carbocycles.